The third-order valence-electron chi connectivity index (χ3n) is 11.7. The average molecular weight is 916 g/mol. The van der Waals surface area contributed by atoms with E-state index in [0.717, 1.165) is 46.5 Å². The van der Waals surface area contributed by atoms with Gasteiger partial charge in [-0.05, 0) is 124 Å². The minimum absolute atomic E-state index is 0. The molecule has 2 aromatic heterocycles. The van der Waals surface area contributed by atoms with Gasteiger partial charge in [-0.15, -0.1) is 23.8 Å². The van der Waals surface area contributed by atoms with Crippen LogP contribution in [-0.4, -0.2) is 9.97 Å². The SMILES string of the molecule is Cc1cc(-c2ccccc2)cc(C)c1-c1cc(Oc2[c-]c(-c3[c-]ccc(-c4ccc5c(c4)CC4(Cc6ccccc6C4)C5)c3)ccc2)nc(-c2ccccn2)c1.[Pt+2]. The minimum Gasteiger partial charge on any atom is -0.460 e. The molecule has 2 heterocycles. The number of benzene rings is 6. The van der Waals surface area contributed by atoms with Gasteiger partial charge in [0, 0.05) is 18.0 Å². The van der Waals surface area contributed by atoms with Crippen molar-refractivity contribution in [2.45, 2.75) is 39.5 Å². The van der Waals surface area contributed by atoms with Gasteiger partial charge in [0.05, 0.1) is 11.4 Å². The maximum Gasteiger partial charge on any atom is 2.00 e. The number of nitrogens with zero attached hydrogens (tertiary/aromatic N) is 2. The fourth-order valence-electron chi connectivity index (χ4n) is 9.18. The van der Waals surface area contributed by atoms with Crippen molar-refractivity contribution >= 4 is 0 Å². The third-order valence-corrected chi connectivity index (χ3v) is 11.7. The maximum atomic E-state index is 6.56. The molecule has 2 aliphatic carbocycles. The molecule has 0 atom stereocenters. The molecule has 57 heavy (non-hydrogen) atoms. The van der Waals surface area contributed by atoms with Crippen LogP contribution >= 0.6 is 0 Å². The summed E-state index contributed by atoms with van der Waals surface area (Å²) < 4.78 is 6.56. The largest absolute Gasteiger partial charge is 2.00 e. The van der Waals surface area contributed by atoms with E-state index >= 15 is 0 Å². The molecule has 0 N–H and O–H groups in total. The number of fused-ring (bicyclic) bond motifs is 2. The Bertz CT molecular complexity index is 2710. The molecule has 0 amide bonds. The van der Waals surface area contributed by atoms with E-state index in [0.29, 0.717) is 17.0 Å². The summed E-state index contributed by atoms with van der Waals surface area (Å²) in [6.07, 6.45) is 6.45. The van der Waals surface area contributed by atoms with Crippen molar-refractivity contribution in [3.8, 4) is 67.5 Å². The Hall–Kier alpha value is -5.89. The Morgan fingerprint density at radius 2 is 1.23 bits per heavy atom. The van der Waals surface area contributed by atoms with Gasteiger partial charge in [-0.1, -0.05) is 91.0 Å². The summed E-state index contributed by atoms with van der Waals surface area (Å²) in [6.45, 7) is 4.35. The Balaban J connectivity index is 0.00000422. The number of aryl methyl sites for hydroxylation is 2. The van der Waals surface area contributed by atoms with Crippen molar-refractivity contribution in [3.63, 3.8) is 0 Å². The molecule has 0 unspecified atom stereocenters. The molecule has 10 rings (SSSR count). The molecule has 3 nitrogen and oxygen atoms in total. The number of aromatic nitrogens is 2. The Morgan fingerprint density at radius 3 is 1.98 bits per heavy atom. The van der Waals surface area contributed by atoms with Gasteiger partial charge in [-0.2, -0.15) is 30.3 Å². The number of pyridine rings is 2. The number of hydrogen-bond donors (Lipinski definition) is 0. The quantitative estimate of drug-likeness (QED) is 0.149. The van der Waals surface area contributed by atoms with E-state index in [1.54, 1.807) is 6.20 Å². The van der Waals surface area contributed by atoms with E-state index in [9.17, 15) is 0 Å². The van der Waals surface area contributed by atoms with Crippen LogP contribution in [0.1, 0.15) is 33.4 Å². The molecule has 4 heteroatoms. The fourth-order valence-corrected chi connectivity index (χ4v) is 9.18. The first-order valence-corrected chi connectivity index (χ1v) is 19.5. The van der Waals surface area contributed by atoms with Crippen LogP contribution in [0.25, 0.3) is 55.9 Å². The van der Waals surface area contributed by atoms with Crippen molar-refractivity contribution in [2.75, 3.05) is 0 Å². The molecule has 278 valence electrons. The fraction of sp³-hybridized carbons (Fsp3) is 0.132. The topological polar surface area (TPSA) is 35.0 Å². The van der Waals surface area contributed by atoms with Gasteiger partial charge >= 0.3 is 21.1 Å². The van der Waals surface area contributed by atoms with E-state index < -0.39 is 0 Å². The molecule has 0 saturated heterocycles. The Morgan fingerprint density at radius 1 is 0.526 bits per heavy atom. The summed E-state index contributed by atoms with van der Waals surface area (Å²) >= 11 is 0. The second-order valence-corrected chi connectivity index (χ2v) is 15.6. The molecule has 0 saturated carbocycles. The van der Waals surface area contributed by atoms with E-state index in [2.05, 4.69) is 140 Å². The third kappa shape index (κ3) is 7.29. The van der Waals surface area contributed by atoms with E-state index in [1.165, 1.54) is 68.5 Å². The van der Waals surface area contributed by atoms with Crippen molar-refractivity contribution < 1.29 is 25.8 Å². The molecule has 2 aliphatic rings. The van der Waals surface area contributed by atoms with Gasteiger partial charge in [0.2, 0.25) is 5.88 Å². The molecule has 0 fully saturated rings. The van der Waals surface area contributed by atoms with Gasteiger partial charge in [-0.25, -0.2) is 16.1 Å². The predicted octanol–water partition coefficient (Wildman–Crippen LogP) is 12.7. The number of ether oxygens (including phenoxy) is 1. The van der Waals surface area contributed by atoms with E-state index in [4.69, 9.17) is 9.72 Å². The van der Waals surface area contributed by atoms with Crippen LogP contribution in [0, 0.1) is 31.4 Å². The first-order chi connectivity index (χ1) is 27.4. The average Bonchev–Trinajstić information content (AvgIpc) is 3.78. The molecule has 0 radical (unpaired) electrons. The summed E-state index contributed by atoms with van der Waals surface area (Å²) in [7, 11) is 0. The van der Waals surface area contributed by atoms with Crippen LogP contribution in [0.15, 0.2) is 158 Å². The van der Waals surface area contributed by atoms with Gasteiger partial charge in [0.25, 0.3) is 0 Å². The van der Waals surface area contributed by atoms with Crippen LogP contribution in [0.4, 0.5) is 0 Å². The first kappa shape index (κ1) is 36.7. The van der Waals surface area contributed by atoms with Crippen molar-refractivity contribution in [1.29, 1.82) is 0 Å². The van der Waals surface area contributed by atoms with Gasteiger partial charge in [-0.3, -0.25) is 4.98 Å². The molecular weight excluding hydrogens is 876 g/mol. The first-order valence-electron chi connectivity index (χ1n) is 19.5. The number of rotatable bonds is 7. The predicted molar refractivity (Wildman–Crippen MR) is 227 cm³/mol. The molecule has 0 aliphatic heterocycles. The molecule has 6 aromatic carbocycles. The summed E-state index contributed by atoms with van der Waals surface area (Å²) in [5.74, 6) is 1.08. The summed E-state index contributed by atoms with van der Waals surface area (Å²) in [4.78, 5) is 9.59. The van der Waals surface area contributed by atoms with Crippen molar-refractivity contribution in [2.24, 2.45) is 5.41 Å². The maximum absolute atomic E-state index is 6.56. The van der Waals surface area contributed by atoms with Gasteiger partial charge < -0.3 is 4.74 Å². The minimum atomic E-state index is 0. The van der Waals surface area contributed by atoms with Gasteiger partial charge in [0.1, 0.15) is 0 Å². The van der Waals surface area contributed by atoms with Crippen LogP contribution in [0.5, 0.6) is 11.6 Å². The second kappa shape index (κ2) is 15.2. The normalized spacial score (nSPS) is 13.5. The second-order valence-electron chi connectivity index (χ2n) is 15.6. The molecule has 1 spiro atoms. The standard InChI is InChI=1S/C53H40N2O.Pt/c1-35-24-45(37-12-4-3-5-13-37)25-36(2)52(35)46-29-50(49-20-8-9-23-54-49)55-51(30-46)56-48-19-11-18-40(28-48)38-16-10-17-39(26-38)41-21-22-44-33-53(34-47(44)27-41)31-42-14-6-7-15-43(42)32-53;/h3-15,17-27,29-30H,31-34H2,1-2H3;/q-2;+2. The summed E-state index contributed by atoms with van der Waals surface area (Å²) in [6, 6.07) is 60.5. The number of hydrogen-bond acceptors (Lipinski definition) is 3. The van der Waals surface area contributed by atoms with Crippen molar-refractivity contribution in [3.05, 3.63) is 203 Å². The molecular formula is C53H40N2OPt. The zero-order valence-electron chi connectivity index (χ0n) is 32.0. The monoisotopic (exact) mass is 915 g/mol. The zero-order chi connectivity index (χ0) is 37.6. The summed E-state index contributed by atoms with van der Waals surface area (Å²) in [5.41, 5.74) is 19.2. The Labute approximate surface area is 349 Å². The van der Waals surface area contributed by atoms with Crippen LogP contribution in [-0.2, 0) is 46.7 Å². The van der Waals surface area contributed by atoms with Crippen LogP contribution in [0.3, 0.4) is 0 Å². The molecule has 0 bridgehead atoms. The van der Waals surface area contributed by atoms with E-state index in [-0.39, 0.29) is 21.1 Å². The van der Waals surface area contributed by atoms with Crippen molar-refractivity contribution in [1.82, 2.24) is 9.97 Å². The smallest absolute Gasteiger partial charge is 0.460 e. The van der Waals surface area contributed by atoms with E-state index in [1.807, 2.05) is 42.5 Å². The molecule has 8 aromatic rings. The van der Waals surface area contributed by atoms with Crippen LogP contribution < -0.4 is 4.74 Å². The van der Waals surface area contributed by atoms with Crippen LogP contribution in [0.2, 0.25) is 0 Å². The zero-order valence-corrected chi connectivity index (χ0v) is 34.2. The van der Waals surface area contributed by atoms with Gasteiger partial charge in [0.15, 0.2) is 0 Å². The summed E-state index contributed by atoms with van der Waals surface area (Å²) in [5, 5.41) is 0. The Kier molecular flexibility index (Phi) is 9.81.